The van der Waals surface area contributed by atoms with Gasteiger partial charge in [0.1, 0.15) is 5.82 Å². The van der Waals surface area contributed by atoms with E-state index in [0.29, 0.717) is 5.92 Å². The Morgan fingerprint density at radius 3 is 2.62 bits per heavy atom. The molecule has 0 unspecified atom stereocenters. The first-order chi connectivity index (χ1) is 12.7. The number of likely N-dealkylation sites (tertiary alicyclic amines) is 1. The molecule has 4 rings (SSSR count). The number of carbonyl (C=O) groups is 1. The van der Waals surface area contributed by atoms with Gasteiger partial charge >= 0.3 is 0 Å². The lowest BCUT2D eigenvalue weighted by molar-refractivity contribution is 0.0467. The molecular formula is C20H26N4O2. The molecule has 0 radical (unpaired) electrons. The van der Waals surface area contributed by atoms with Gasteiger partial charge in [-0.3, -0.25) is 4.79 Å². The molecule has 1 aromatic heterocycles. The Balaban J connectivity index is 1.31. The topological polar surface area (TPSA) is 50.6 Å². The van der Waals surface area contributed by atoms with Crippen LogP contribution in [0.3, 0.4) is 0 Å². The molecule has 2 aliphatic rings. The first-order valence-corrected chi connectivity index (χ1v) is 9.46. The van der Waals surface area contributed by atoms with Crippen LogP contribution in [-0.4, -0.2) is 59.8 Å². The van der Waals surface area contributed by atoms with Crippen molar-refractivity contribution in [3.05, 3.63) is 48.0 Å². The number of benzene rings is 1. The molecule has 0 spiro atoms. The summed E-state index contributed by atoms with van der Waals surface area (Å²) in [5, 5.41) is 0. The minimum atomic E-state index is 0.135. The van der Waals surface area contributed by atoms with Crippen LogP contribution in [0.1, 0.15) is 23.1 Å². The van der Waals surface area contributed by atoms with Crippen molar-refractivity contribution in [2.24, 2.45) is 5.92 Å². The highest BCUT2D eigenvalue weighted by molar-refractivity contribution is 5.95. The zero-order valence-electron chi connectivity index (χ0n) is 15.3. The zero-order chi connectivity index (χ0) is 17.9. The number of morpholine rings is 1. The summed E-state index contributed by atoms with van der Waals surface area (Å²) in [6, 6.07) is 8.00. The SMILES string of the molecule is CCc1nccn1CC1CN(C(=O)c2ccc(N3CCOCC3)cc2)C1. The molecule has 3 heterocycles. The third kappa shape index (κ3) is 3.46. The number of aromatic nitrogens is 2. The maximum absolute atomic E-state index is 12.7. The van der Waals surface area contributed by atoms with Crippen molar-refractivity contribution in [2.45, 2.75) is 19.9 Å². The molecule has 2 fully saturated rings. The van der Waals surface area contributed by atoms with Gasteiger partial charge in [-0.15, -0.1) is 0 Å². The van der Waals surface area contributed by atoms with Crippen LogP contribution in [0.2, 0.25) is 0 Å². The molecule has 26 heavy (non-hydrogen) atoms. The van der Waals surface area contributed by atoms with Crippen molar-refractivity contribution >= 4 is 11.6 Å². The lowest BCUT2D eigenvalue weighted by Crippen LogP contribution is -2.51. The predicted octanol–water partition coefficient (Wildman–Crippen LogP) is 2.05. The first kappa shape index (κ1) is 17.1. The highest BCUT2D eigenvalue weighted by atomic mass is 16.5. The van der Waals surface area contributed by atoms with Crippen LogP contribution in [0.4, 0.5) is 5.69 Å². The average Bonchev–Trinajstić information content (AvgIpc) is 3.12. The average molecular weight is 354 g/mol. The Morgan fingerprint density at radius 2 is 1.92 bits per heavy atom. The van der Waals surface area contributed by atoms with Gasteiger partial charge in [-0.05, 0) is 24.3 Å². The van der Waals surface area contributed by atoms with Crippen molar-refractivity contribution in [3.63, 3.8) is 0 Å². The quantitative estimate of drug-likeness (QED) is 0.825. The fourth-order valence-corrected chi connectivity index (χ4v) is 3.77. The third-order valence-corrected chi connectivity index (χ3v) is 5.31. The first-order valence-electron chi connectivity index (χ1n) is 9.46. The minimum Gasteiger partial charge on any atom is -0.378 e. The van der Waals surface area contributed by atoms with Crippen molar-refractivity contribution in [2.75, 3.05) is 44.3 Å². The number of amides is 1. The second-order valence-corrected chi connectivity index (χ2v) is 7.07. The monoisotopic (exact) mass is 354 g/mol. The van der Waals surface area contributed by atoms with E-state index in [1.54, 1.807) is 0 Å². The van der Waals surface area contributed by atoms with Crippen LogP contribution < -0.4 is 4.90 Å². The summed E-state index contributed by atoms with van der Waals surface area (Å²) in [4.78, 5) is 21.3. The lowest BCUT2D eigenvalue weighted by atomic mass is 9.98. The van der Waals surface area contributed by atoms with Crippen LogP contribution in [0.25, 0.3) is 0 Å². The molecule has 0 N–H and O–H groups in total. The summed E-state index contributed by atoms with van der Waals surface area (Å²) in [6.45, 7) is 8.08. The maximum Gasteiger partial charge on any atom is 0.253 e. The van der Waals surface area contributed by atoms with Crippen molar-refractivity contribution in [1.29, 1.82) is 0 Å². The van der Waals surface area contributed by atoms with E-state index >= 15 is 0 Å². The van der Waals surface area contributed by atoms with E-state index in [2.05, 4.69) is 33.5 Å². The Hall–Kier alpha value is -2.34. The van der Waals surface area contributed by atoms with E-state index in [1.165, 1.54) is 5.69 Å². The van der Waals surface area contributed by atoms with E-state index in [-0.39, 0.29) is 5.91 Å². The third-order valence-electron chi connectivity index (χ3n) is 5.31. The number of anilines is 1. The standard InChI is InChI=1S/C20H26N4O2/c1-2-19-21-7-8-23(19)13-16-14-24(15-16)20(25)17-3-5-18(6-4-17)22-9-11-26-12-10-22/h3-8,16H,2,9-15H2,1H3. The molecule has 1 amide bonds. The fourth-order valence-electron chi connectivity index (χ4n) is 3.77. The fraction of sp³-hybridized carbons (Fsp3) is 0.500. The van der Waals surface area contributed by atoms with Gasteiger partial charge in [0.25, 0.3) is 5.91 Å². The summed E-state index contributed by atoms with van der Waals surface area (Å²) in [6.07, 6.45) is 4.84. The van der Waals surface area contributed by atoms with Gasteiger partial charge < -0.3 is 19.1 Å². The Labute approximate surface area is 154 Å². The van der Waals surface area contributed by atoms with Crippen LogP contribution >= 0.6 is 0 Å². The molecule has 6 heteroatoms. The smallest absolute Gasteiger partial charge is 0.253 e. The molecule has 1 aromatic carbocycles. The molecule has 2 aromatic rings. The predicted molar refractivity (Wildman–Crippen MR) is 100 cm³/mol. The molecular weight excluding hydrogens is 328 g/mol. The summed E-state index contributed by atoms with van der Waals surface area (Å²) in [7, 11) is 0. The van der Waals surface area contributed by atoms with Crippen LogP contribution in [0, 0.1) is 5.92 Å². The summed E-state index contributed by atoms with van der Waals surface area (Å²) in [5.41, 5.74) is 1.94. The number of hydrogen-bond acceptors (Lipinski definition) is 4. The van der Waals surface area contributed by atoms with Crippen LogP contribution in [-0.2, 0) is 17.7 Å². The Kier molecular flexibility index (Phi) is 4.93. The lowest BCUT2D eigenvalue weighted by Gasteiger charge is -2.39. The van der Waals surface area contributed by atoms with Crippen LogP contribution in [0.5, 0.6) is 0 Å². The highest BCUT2D eigenvalue weighted by Gasteiger charge is 2.31. The molecule has 6 nitrogen and oxygen atoms in total. The number of aryl methyl sites for hydroxylation is 1. The van der Waals surface area contributed by atoms with Gasteiger partial charge in [-0.2, -0.15) is 0 Å². The van der Waals surface area contributed by atoms with Gasteiger partial charge in [0.15, 0.2) is 0 Å². The molecule has 0 bridgehead atoms. The number of hydrogen-bond donors (Lipinski definition) is 0. The number of rotatable bonds is 5. The molecule has 0 atom stereocenters. The molecule has 0 saturated carbocycles. The molecule has 2 aliphatic heterocycles. The van der Waals surface area contributed by atoms with Crippen LogP contribution in [0.15, 0.2) is 36.7 Å². The maximum atomic E-state index is 12.7. The molecule has 0 aliphatic carbocycles. The molecule has 138 valence electrons. The number of carbonyl (C=O) groups excluding carboxylic acids is 1. The van der Waals surface area contributed by atoms with Gasteiger partial charge in [0.05, 0.1) is 13.2 Å². The number of imidazole rings is 1. The van der Waals surface area contributed by atoms with Crippen molar-refractivity contribution in [1.82, 2.24) is 14.5 Å². The van der Waals surface area contributed by atoms with Gasteiger partial charge in [0, 0.05) is 68.7 Å². The zero-order valence-corrected chi connectivity index (χ0v) is 15.3. The van der Waals surface area contributed by atoms with Gasteiger partial charge in [-0.25, -0.2) is 4.98 Å². The Morgan fingerprint density at radius 1 is 1.19 bits per heavy atom. The Bertz CT molecular complexity index is 743. The van der Waals surface area contributed by atoms with Crippen molar-refractivity contribution < 1.29 is 9.53 Å². The van der Waals surface area contributed by atoms with E-state index in [9.17, 15) is 4.79 Å². The molecule has 2 saturated heterocycles. The van der Waals surface area contributed by atoms with Gasteiger partial charge in [-0.1, -0.05) is 6.92 Å². The van der Waals surface area contributed by atoms with E-state index in [1.807, 2.05) is 29.4 Å². The summed E-state index contributed by atoms with van der Waals surface area (Å²) in [5.74, 6) is 1.77. The number of ether oxygens (including phenoxy) is 1. The second kappa shape index (κ2) is 7.50. The second-order valence-electron chi connectivity index (χ2n) is 7.07. The summed E-state index contributed by atoms with van der Waals surface area (Å²) >= 11 is 0. The van der Waals surface area contributed by atoms with E-state index < -0.39 is 0 Å². The van der Waals surface area contributed by atoms with E-state index in [0.717, 1.165) is 63.7 Å². The normalized spacial score (nSPS) is 18.0. The largest absolute Gasteiger partial charge is 0.378 e. The number of nitrogens with zero attached hydrogens (tertiary/aromatic N) is 4. The van der Waals surface area contributed by atoms with E-state index in [4.69, 9.17) is 4.74 Å². The highest BCUT2D eigenvalue weighted by Crippen LogP contribution is 2.23. The van der Waals surface area contributed by atoms with Gasteiger partial charge in [0.2, 0.25) is 0 Å². The summed E-state index contributed by atoms with van der Waals surface area (Å²) < 4.78 is 7.60. The minimum absolute atomic E-state index is 0.135. The van der Waals surface area contributed by atoms with Crippen molar-refractivity contribution in [3.8, 4) is 0 Å².